The van der Waals surface area contributed by atoms with Gasteiger partial charge < -0.3 is 15.9 Å². The first-order chi connectivity index (χ1) is 8.99. The first kappa shape index (κ1) is 12.9. The molecule has 5 N–H and O–H groups in total. The average molecular weight is 261 g/mol. The van der Waals surface area contributed by atoms with Crippen LogP contribution in [0.15, 0.2) is 29.1 Å². The number of carbonyl (C=O) groups is 1. The maximum atomic E-state index is 11.8. The van der Waals surface area contributed by atoms with Gasteiger partial charge in [0.1, 0.15) is 5.75 Å². The third-order valence-electron chi connectivity index (χ3n) is 3.04. The zero-order valence-electron chi connectivity index (χ0n) is 10.4. The Morgan fingerprint density at radius 1 is 1.42 bits per heavy atom. The molecule has 2 rings (SSSR count). The topological polar surface area (TPSA) is 112 Å². The van der Waals surface area contributed by atoms with Crippen molar-refractivity contribution in [2.75, 3.05) is 0 Å². The monoisotopic (exact) mass is 261 g/mol. The van der Waals surface area contributed by atoms with E-state index >= 15 is 0 Å². The third-order valence-corrected chi connectivity index (χ3v) is 3.04. The number of hydrogen-bond donors (Lipinski definition) is 4. The Morgan fingerprint density at radius 2 is 2.16 bits per heavy atom. The molecular weight excluding hydrogens is 246 g/mol. The molecule has 6 heteroatoms. The molecule has 1 atom stereocenters. The van der Waals surface area contributed by atoms with Crippen molar-refractivity contribution in [1.82, 2.24) is 10.2 Å². The van der Waals surface area contributed by atoms with Crippen LogP contribution in [-0.2, 0) is 4.79 Å². The molecule has 0 radical (unpaired) electrons. The molecule has 19 heavy (non-hydrogen) atoms. The second kappa shape index (κ2) is 5.01. The van der Waals surface area contributed by atoms with Gasteiger partial charge in [-0.3, -0.25) is 14.7 Å². The fourth-order valence-corrected chi connectivity index (χ4v) is 2.20. The molecule has 0 saturated heterocycles. The number of benzene rings is 1. The number of primary amides is 1. The maximum Gasteiger partial charge on any atom is 0.267 e. The van der Waals surface area contributed by atoms with Crippen molar-refractivity contribution in [2.24, 2.45) is 5.73 Å². The van der Waals surface area contributed by atoms with E-state index in [1.165, 1.54) is 12.1 Å². The van der Waals surface area contributed by atoms with Crippen LogP contribution in [0.5, 0.6) is 5.75 Å². The lowest BCUT2D eigenvalue weighted by Gasteiger charge is -2.15. The predicted molar refractivity (Wildman–Crippen MR) is 69.9 cm³/mol. The van der Waals surface area contributed by atoms with Gasteiger partial charge in [0.2, 0.25) is 5.91 Å². The number of aromatic nitrogens is 2. The smallest absolute Gasteiger partial charge is 0.267 e. The van der Waals surface area contributed by atoms with Crippen LogP contribution in [0.2, 0.25) is 0 Å². The van der Waals surface area contributed by atoms with Crippen molar-refractivity contribution < 1.29 is 9.90 Å². The summed E-state index contributed by atoms with van der Waals surface area (Å²) in [5.74, 6) is -0.899. The van der Waals surface area contributed by atoms with Gasteiger partial charge in [0, 0.05) is 23.6 Å². The molecule has 1 unspecified atom stereocenters. The molecule has 1 amide bonds. The predicted octanol–water partition coefficient (Wildman–Crippen LogP) is 0.724. The lowest BCUT2D eigenvalue weighted by atomic mass is 9.88. The molecule has 100 valence electrons. The number of aromatic amines is 2. The van der Waals surface area contributed by atoms with E-state index < -0.39 is 11.8 Å². The maximum absolute atomic E-state index is 11.8. The molecule has 6 nitrogen and oxygen atoms in total. The number of nitrogens with two attached hydrogens (primary N) is 1. The van der Waals surface area contributed by atoms with Crippen LogP contribution < -0.4 is 11.3 Å². The van der Waals surface area contributed by atoms with E-state index in [1.807, 2.05) is 0 Å². The zero-order chi connectivity index (χ0) is 14.0. The number of phenolic OH excluding ortho intramolecular Hbond substituents is 1. The molecule has 2 aromatic rings. The summed E-state index contributed by atoms with van der Waals surface area (Å²) in [6.07, 6.45) is 0.00519. The van der Waals surface area contributed by atoms with Gasteiger partial charge in [0.25, 0.3) is 5.56 Å². The van der Waals surface area contributed by atoms with E-state index in [0.29, 0.717) is 16.8 Å². The van der Waals surface area contributed by atoms with E-state index in [2.05, 4.69) is 10.2 Å². The number of amides is 1. The van der Waals surface area contributed by atoms with Gasteiger partial charge in [0.15, 0.2) is 0 Å². The highest BCUT2D eigenvalue weighted by molar-refractivity contribution is 5.75. The minimum Gasteiger partial charge on any atom is -0.508 e. The molecule has 1 heterocycles. The van der Waals surface area contributed by atoms with Crippen LogP contribution >= 0.6 is 0 Å². The van der Waals surface area contributed by atoms with E-state index in [1.54, 1.807) is 19.1 Å². The van der Waals surface area contributed by atoms with E-state index in [4.69, 9.17) is 5.73 Å². The number of nitrogens with one attached hydrogen (secondary N) is 2. The lowest BCUT2D eigenvalue weighted by molar-refractivity contribution is -0.118. The Morgan fingerprint density at radius 3 is 2.68 bits per heavy atom. The van der Waals surface area contributed by atoms with Crippen LogP contribution in [0.25, 0.3) is 0 Å². The lowest BCUT2D eigenvalue weighted by Crippen LogP contribution is -2.20. The van der Waals surface area contributed by atoms with Crippen LogP contribution in [0.3, 0.4) is 0 Å². The van der Waals surface area contributed by atoms with Gasteiger partial charge in [0.05, 0.1) is 0 Å². The quantitative estimate of drug-likeness (QED) is 0.650. The average Bonchev–Trinajstić information content (AvgIpc) is 2.66. The van der Waals surface area contributed by atoms with Crippen LogP contribution in [0, 0.1) is 6.92 Å². The number of phenols is 1. The Labute approximate surface area is 109 Å². The Bertz CT molecular complexity index is 657. The van der Waals surface area contributed by atoms with Gasteiger partial charge in [-0.25, -0.2) is 0 Å². The fraction of sp³-hybridized carbons (Fsp3) is 0.231. The van der Waals surface area contributed by atoms with E-state index in [9.17, 15) is 14.7 Å². The van der Waals surface area contributed by atoms with Gasteiger partial charge in [-0.15, -0.1) is 0 Å². The highest BCUT2D eigenvalue weighted by atomic mass is 16.3. The number of hydrogen-bond acceptors (Lipinski definition) is 3. The minimum absolute atomic E-state index is 0.00519. The second-order valence-electron chi connectivity index (χ2n) is 4.44. The summed E-state index contributed by atoms with van der Waals surface area (Å²) in [4.78, 5) is 23.0. The molecule has 0 aliphatic rings. The summed E-state index contributed by atoms with van der Waals surface area (Å²) in [5.41, 5.74) is 6.75. The number of carbonyl (C=O) groups excluding carboxylic acids is 1. The molecule has 0 fully saturated rings. The number of aromatic hydroxyl groups is 1. The van der Waals surface area contributed by atoms with Crippen LogP contribution in [-0.4, -0.2) is 21.2 Å². The molecule has 1 aromatic carbocycles. The van der Waals surface area contributed by atoms with E-state index in [0.717, 1.165) is 0 Å². The van der Waals surface area contributed by atoms with Crippen molar-refractivity contribution >= 4 is 5.91 Å². The van der Waals surface area contributed by atoms with Gasteiger partial charge >= 0.3 is 0 Å². The summed E-state index contributed by atoms with van der Waals surface area (Å²) >= 11 is 0. The second-order valence-corrected chi connectivity index (χ2v) is 4.44. The number of H-pyrrole nitrogens is 2. The Hall–Kier alpha value is -2.50. The summed E-state index contributed by atoms with van der Waals surface area (Å²) in [7, 11) is 0. The summed E-state index contributed by atoms with van der Waals surface area (Å²) in [6, 6.07) is 6.46. The summed E-state index contributed by atoms with van der Waals surface area (Å²) in [6.45, 7) is 1.74. The molecule has 0 bridgehead atoms. The standard InChI is InChI=1S/C13H15N3O3/c1-7-12(13(19)16-15-7)10(6-11(14)18)8-3-2-4-9(17)5-8/h2-5,10,17H,6H2,1H3,(H2,14,18)(H2,15,16,19). The number of rotatable bonds is 4. The summed E-state index contributed by atoms with van der Waals surface area (Å²) in [5, 5.41) is 14.7. The number of aryl methyl sites for hydroxylation is 1. The van der Waals surface area contributed by atoms with Gasteiger partial charge in [-0.2, -0.15) is 0 Å². The Balaban J connectivity index is 2.54. The minimum atomic E-state index is -0.506. The largest absolute Gasteiger partial charge is 0.508 e. The molecule has 0 aliphatic carbocycles. The molecule has 0 spiro atoms. The van der Waals surface area contributed by atoms with Gasteiger partial charge in [-0.1, -0.05) is 12.1 Å². The molecule has 1 aromatic heterocycles. The first-order valence-corrected chi connectivity index (χ1v) is 5.83. The van der Waals surface area contributed by atoms with Crippen LogP contribution in [0.4, 0.5) is 0 Å². The third kappa shape index (κ3) is 2.67. The van der Waals surface area contributed by atoms with Crippen LogP contribution in [0.1, 0.15) is 29.2 Å². The van der Waals surface area contributed by atoms with Crippen molar-refractivity contribution in [3.8, 4) is 5.75 Å². The fourth-order valence-electron chi connectivity index (χ4n) is 2.20. The van der Waals surface area contributed by atoms with Gasteiger partial charge in [-0.05, 0) is 24.6 Å². The zero-order valence-corrected chi connectivity index (χ0v) is 10.4. The Kier molecular flexibility index (Phi) is 3.41. The summed E-state index contributed by atoms with van der Waals surface area (Å²) < 4.78 is 0. The first-order valence-electron chi connectivity index (χ1n) is 5.83. The highest BCUT2D eigenvalue weighted by Crippen LogP contribution is 2.29. The van der Waals surface area contributed by atoms with Crippen molar-refractivity contribution in [3.63, 3.8) is 0 Å². The van der Waals surface area contributed by atoms with Crippen molar-refractivity contribution in [2.45, 2.75) is 19.3 Å². The van der Waals surface area contributed by atoms with Crippen molar-refractivity contribution in [3.05, 3.63) is 51.4 Å². The van der Waals surface area contributed by atoms with E-state index in [-0.39, 0.29) is 17.7 Å². The molecule has 0 saturated carbocycles. The molecular formula is C13H15N3O3. The SMILES string of the molecule is Cc1[nH][nH]c(=O)c1C(CC(N)=O)c1cccc(O)c1. The highest BCUT2D eigenvalue weighted by Gasteiger charge is 2.23. The normalized spacial score (nSPS) is 12.3. The molecule has 0 aliphatic heterocycles. The van der Waals surface area contributed by atoms with Crippen molar-refractivity contribution in [1.29, 1.82) is 0 Å².